The summed E-state index contributed by atoms with van der Waals surface area (Å²) in [6.07, 6.45) is 9.91. The molecule has 0 aliphatic carbocycles. The molecule has 31 heavy (non-hydrogen) atoms. The maximum absolute atomic E-state index is 11.6. The van der Waals surface area contributed by atoms with E-state index < -0.39 is 0 Å². The molecule has 2 aromatic rings. The summed E-state index contributed by atoms with van der Waals surface area (Å²) >= 11 is 0. The van der Waals surface area contributed by atoms with Crippen LogP contribution < -0.4 is 0 Å². The molecule has 1 heterocycles. The third-order valence-corrected chi connectivity index (χ3v) is 6.39. The van der Waals surface area contributed by atoms with Gasteiger partial charge in [-0.25, -0.2) is 4.70 Å². The summed E-state index contributed by atoms with van der Waals surface area (Å²) in [5, 5.41) is 0. The van der Waals surface area contributed by atoms with E-state index in [9.17, 15) is 5.53 Å². The van der Waals surface area contributed by atoms with Crippen molar-refractivity contribution in [3.05, 3.63) is 87.5 Å². The molecule has 0 radical (unpaired) electrons. The zero-order chi connectivity index (χ0) is 22.2. The summed E-state index contributed by atoms with van der Waals surface area (Å²) in [6.45, 7) is 8.87. The minimum Gasteiger partial charge on any atom is -0.493 e. The summed E-state index contributed by atoms with van der Waals surface area (Å²) in [4.78, 5) is 0. The molecule has 2 aromatic carbocycles. The fourth-order valence-corrected chi connectivity index (χ4v) is 4.57. The normalized spacial score (nSPS) is 14.1. The first-order chi connectivity index (χ1) is 15.1. The van der Waals surface area contributed by atoms with Crippen LogP contribution in [0.1, 0.15) is 94.9 Å². The summed E-state index contributed by atoms with van der Waals surface area (Å²) in [5.74, 6) is 0. The Morgan fingerprint density at radius 1 is 0.645 bits per heavy atom. The second-order valence-corrected chi connectivity index (χ2v) is 8.63. The Bertz CT molecular complexity index is 978. The fourth-order valence-electron chi connectivity index (χ4n) is 4.57. The Morgan fingerprint density at radius 2 is 1.13 bits per heavy atom. The van der Waals surface area contributed by atoms with Gasteiger partial charge in [0.25, 0.3) is 0 Å². The van der Waals surface area contributed by atoms with Crippen LogP contribution in [0.15, 0.2) is 59.7 Å². The molecule has 2 heteroatoms. The molecule has 0 aromatic heterocycles. The molecule has 0 N–H and O–H groups in total. The molecule has 0 fully saturated rings. The Kier molecular flexibility index (Phi) is 8.40. The van der Waals surface area contributed by atoms with Gasteiger partial charge < -0.3 is 5.53 Å². The molecule has 1 aliphatic rings. The topological polar surface area (TPSA) is 25.3 Å². The molecule has 0 saturated heterocycles. The third-order valence-electron chi connectivity index (χ3n) is 6.39. The third kappa shape index (κ3) is 5.23. The van der Waals surface area contributed by atoms with E-state index in [0.717, 1.165) is 67.5 Å². The van der Waals surface area contributed by atoms with E-state index in [1.165, 1.54) is 39.8 Å². The van der Waals surface area contributed by atoms with Crippen LogP contribution in [-0.4, -0.2) is 4.70 Å². The number of nitrogens with zero attached hydrogens (tertiary/aromatic N) is 2. The van der Waals surface area contributed by atoms with Gasteiger partial charge in [-0.3, -0.25) is 0 Å². The molecule has 0 spiro atoms. The number of rotatable bonds is 11. The first kappa shape index (κ1) is 23.2. The second kappa shape index (κ2) is 11.2. The van der Waals surface area contributed by atoms with Gasteiger partial charge in [0.05, 0.1) is 0 Å². The average Bonchev–Trinajstić information content (AvgIpc) is 3.08. The largest absolute Gasteiger partial charge is 0.493 e. The van der Waals surface area contributed by atoms with Crippen molar-refractivity contribution in [2.45, 2.75) is 85.5 Å². The summed E-state index contributed by atoms with van der Waals surface area (Å²) in [5.41, 5.74) is 21.1. The smallest absolute Gasteiger partial charge is 0.211 e. The van der Waals surface area contributed by atoms with E-state index in [1.54, 1.807) is 0 Å². The molecule has 0 bridgehead atoms. The molecule has 2 nitrogen and oxygen atoms in total. The van der Waals surface area contributed by atoms with Crippen molar-refractivity contribution in [3.63, 3.8) is 0 Å². The maximum atomic E-state index is 11.6. The van der Waals surface area contributed by atoms with E-state index in [0.29, 0.717) is 0 Å². The summed E-state index contributed by atoms with van der Waals surface area (Å²) < 4.78 is 1.51. The van der Waals surface area contributed by atoms with E-state index in [-0.39, 0.29) is 0 Å². The van der Waals surface area contributed by atoms with E-state index in [1.807, 2.05) is 0 Å². The average molecular weight is 415 g/mol. The maximum Gasteiger partial charge on any atom is 0.211 e. The number of hydrogen-bond acceptors (Lipinski definition) is 0. The number of benzene rings is 2. The molecular weight excluding hydrogens is 376 g/mol. The lowest BCUT2D eigenvalue weighted by molar-refractivity contribution is -0.345. The lowest BCUT2D eigenvalue weighted by atomic mass is 9.91. The van der Waals surface area contributed by atoms with Crippen LogP contribution in [0.2, 0.25) is 0 Å². The quantitative estimate of drug-likeness (QED) is 0.259. The minimum absolute atomic E-state index is 0.993. The molecule has 1 aliphatic heterocycles. The van der Waals surface area contributed by atoms with Crippen LogP contribution in [0.4, 0.5) is 0 Å². The van der Waals surface area contributed by atoms with E-state index in [4.69, 9.17) is 0 Å². The zero-order valence-electron chi connectivity index (χ0n) is 19.9. The van der Waals surface area contributed by atoms with Gasteiger partial charge in [-0.05, 0) is 73.9 Å². The van der Waals surface area contributed by atoms with E-state index in [2.05, 4.69) is 76.2 Å². The summed E-state index contributed by atoms with van der Waals surface area (Å²) in [6, 6.07) is 17.4. The second-order valence-electron chi connectivity index (χ2n) is 8.63. The Morgan fingerprint density at radius 3 is 1.58 bits per heavy atom. The highest BCUT2D eigenvalue weighted by molar-refractivity contribution is 5.82. The van der Waals surface area contributed by atoms with Crippen molar-refractivity contribution in [2.75, 3.05) is 0 Å². The first-order valence-electron chi connectivity index (χ1n) is 12.3. The van der Waals surface area contributed by atoms with Gasteiger partial charge in [-0.15, -0.1) is 0 Å². The highest BCUT2D eigenvalue weighted by Gasteiger charge is 2.35. The van der Waals surface area contributed by atoms with Crippen molar-refractivity contribution >= 4 is 11.4 Å². The van der Waals surface area contributed by atoms with Gasteiger partial charge in [0, 0.05) is 22.3 Å². The Balaban J connectivity index is 2.16. The molecule has 0 amide bonds. The van der Waals surface area contributed by atoms with Gasteiger partial charge in [-0.2, -0.15) is 0 Å². The predicted octanol–water partition coefficient (Wildman–Crippen LogP) is 8.75. The SMILES string of the molecule is CCCCCC1=C(c2cccc(CC)c2)[N+](=[N-])C(c2cccc(CC)c2)=C1CCCC. The molecule has 0 atom stereocenters. The van der Waals surface area contributed by atoms with Crippen molar-refractivity contribution in [3.8, 4) is 0 Å². The highest BCUT2D eigenvalue weighted by Crippen LogP contribution is 2.44. The van der Waals surface area contributed by atoms with Gasteiger partial charge in [0.1, 0.15) is 0 Å². The number of hydrogen-bond donors (Lipinski definition) is 0. The van der Waals surface area contributed by atoms with Crippen LogP contribution in [0, 0.1) is 0 Å². The monoisotopic (exact) mass is 414 g/mol. The molecule has 0 saturated carbocycles. The molecule has 164 valence electrons. The van der Waals surface area contributed by atoms with Gasteiger partial charge in [-0.1, -0.05) is 71.2 Å². The standard InChI is InChI=1S/C29H38N2/c1-5-9-11-19-27-26(18-10-6-2)28(24-16-12-14-22(7-3)20-24)31(30)29(27)25-17-13-15-23(8-4)21-25/h12-17,20-21H,5-11,18-19H2,1-4H3. The number of aryl methyl sites for hydroxylation is 2. The van der Waals surface area contributed by atoms with Crippen LogP contribution >= 0.6 is 0 Å². The van der Waals surface area contributed by atoms with Gasteiger partial charge >= 0.3 is 0 Å². The fraction of sp³-hybridized carbons (Fsp3) is 0.448. The van der Waals surface area contributed by atoms with Crippen molar-refractivity contribution in [1.29, 1.82) is 0 Å². The van der Waals surface area contributed by atoms with Crippen LogP contribution in [0.5, 0.6) is 0 Å². The van der Waals surface area contributed by atoms with Crippen molar-refractivity contribution in [2.24, 2.45) is 0 Å². The lowest BCUT2D eigenvalue weighted by Gasteiger charge is -2.11. The zero-order valence-corrected chi connectivity index (χ0v) is 19.9. The van der Waals surface area contributed by atoms with E-state index >= 15 is 0 Å². The number of unbranched alkanes of at least 4 members (excludes halogenated alkanes) is 3. The van der Waals surface area contributed by atoms with Crippen LogP contribution in [-0.2, 0) is 12.8 Å². The predicted molar refractivity (Wildman–Crippen MR) is 133 cm³/mol. The van der Waals surface area contributed by atoms with Gasteiger partial charge in [0.15, 0.2) is 0 Å². The van der Waals surface area contributed by atoms with Crippen LogP contribution in [0.25, 0.3) is 16.9 Å². The van der Waals surface area contributed by atoms with Crippen molar-refractivity contribution in [1.82, 2.24) is 0 Å². The van der Waals surface area contributed by atoms with Crippen molar-refractivity contribution < 1.29 is 4.70 Å². The Hall–Kier alpha value is -2.48. The Labute approximate surface area is 189 Å². The first-order valence-corrected chi connectivity index (χ1v) is 12.3. The molecule has 0 unspecified atom stereocenters. The summed E-state index contributed by atoms with van der Waals surface area (Å²) in [7, 11) is 0. The number of allylic oxidation sites excluding steroid dienone is 2. The minimum atomic E-state index is 0.993. The van der Waals surface area contributed by atoms with Gasteiger partial charge in [0.2, 0.25) is 11.4 Å². The molecule has 3 rings (SSSR count). The lowest BCUT2D eigenvalue weighted by Crippen LogP contribution is -2.03. The van der Waals surface area contributed by atoms with Crippen LogP contribution in [0.3, 0.4) is 0 Å². The molecular formula is C29H38N2. The highest BCUT2D eigenvalue weighted by atomic mass is 15.2.